The zero-order valence-electron chi connectivity index (χ0n) is 19.4. The van der Waals surface area contributed by atoms with E-state index in [9.17, 15) is 19.2 Å². The Labute approximate surface area is 287 Å². The van der Waals surface area contributed by atoms with E-state index in [1.807, 2.05) is 0 Å². The van der Waals surface area contributed by atoms with Crippen molar-refractivity contribution in [3.8, 4) is 0 Å². The average molecular weight is 1050 g/mol. The van der Waals surface area contributed by atoms with E-state index < -0.39 is 23.9 Å². The molecule has 0 radical (unpaired) electrons. The summed E-state index contributed by atoms with van der Waals surface area (Å²) < 4.78 is 21.3. The van der Waals surface area contributed by atoms with Crippen LogP contribution in [0, 0.1) is 0 Å². The number of carbonyl (C=O) groups excluding carboxylic acids is 4. The Hall–Kier alpha value is 0.940. The predicted octanol–water partition coefficient (Wildman–Crippen LogP) is 6.95. The molecule has 38 heavy (non-hydrogen) atoms. The highest BCUT2D eigenvalue weighted by Gasteiger charge is 2.30. The second kappa shape index (κ2) is 20.0. The number of ether oxygens (including phenoxy) is 4. The van der Waals surface area contributed by atoms with Gasteiger partial charge in [0.05, 0.1) is 41.6 Å². The smallest absolute Gasteiger partial charge is 0.339 e. The number of alkyl halides is 8. The van der Waals surface area contributed by atoms with E-state index in [1.165, 1.54) is 0 Å². The highest BCUT2D eigenvalue weighted by Crippen LogP contribution is 2.23. The van der Waals surface area contributed by atoms with Crippen LogP contribution in [0.3, 0.4) is 0 Å². The second-order valence-corrected chi connectivity index (χ2v) is 15.1. The lowest BCUT2D eigenvalue weighted by Gasteiger charge is -2.17. The van der Waals surface area contributed by atoms with Crippen LogP contribution < -0.4 is 0 Å². The summed E-state index contributed by atoms with van der Waals surface area (Å²) in [6.07, 6.45) is 0. The van der Waals surface area contributed by atoms with Crippen molar-refractivity contribution in [2.24, 2.45) is 0 Å². The van der Waals surface area contributed by atoms with Gasteiger partial charge in [0.15, 0.2) is 0 Å². The number of halogens is 8. The van der Waals surface area contributed by atoms with Gasteiger partial charge in [-0.25, -0.2) is 19.2 Å². The highest BCUT2D eigenvalue weighted by atomic mass is 79.9. The third-order valence-corrected chi connectivity index (χ3v) is 13.2. The maximum Gasteiger partial charge on any atom is 0.339 e. The van der Waals surface area contributed by atoms with Gasteiger partial charge < -0.3 is 18.9 Å². The minimum absolute atomic E-state index is 0.0229. The molecule has 4 unspecified atom stereocenters. The monoisotopic (exact) mass is 1050 g/mol. The Morgan fingerprint density at radius 1 is 0.474 bits per heavy atom. The molecule has 214 valence electrons. The minimum atomic E-state index is -0.883. The molecule has 0 amide bonds. The lowest BCUT2D eigenvalue weighted by Crippen LogP contribution is -2.24. The second-order valence-electron chi connectivity index (χ2n) is 7.34. The van der Waals surface area contributed by atoms with Crippen LogP contribution in [0.1, 0.15) is 41.4 Å². The molecule has 0 saturated carbocycles. The van der Waals surface area contributed by atoms with Crippen molar-refractivity contribution in [2.75, 3.05) is 47.7 Å². The van der Waals surface area contributed by atoms with Gasteiger partial charge in [0.2, 0.25) is 0 Å². The third kappa shape index (κ3) is 12.8. The maximum absolute atomic E-state index is 13.0. The Morgan fingerprint density at radius 3 is 0.816 bits per heavy atom. The van der Waals surface area contributed by atoms with Crippen molar-refractivity contribution in [3.63, 3.8) is 0 Å². The summed E-state index contributed by atoms with van der Waals surface area (Å²) in [6.45, 7) is -0.0916. The summed E-state index contributed by atoms with van der Waals surface area (Å²) in [5.74, 6) is -3.53. The van der Waals surface area contributed by atoms with Crippen molar-refractivity contribution >= 4 is 151 Å². The number of esters is 4. The van der Waals surface area contributed by atoms with Gasteiger partial charge in [-0.05, 0) is 12.1 Å². The van der Waals surface area contributed by atoms with E-state index in [1.54, 1.807) is 0 Å². The summed E-state index contributed by atoms with van der Waals surface area (Å²) in [7, 11) is 0. The molecule has 0 spiro atoms. The largest absolute Gasteiger partial charge is 0.461 e. The fraction of sp³-hybridized carbons (Fsp3) is 0.545. The molecule has 1 aromatic carbocycles. The van der Waals surface area contributed by atoms with Gasteiger partial charge in [0, 0.05) is 21.3 Å². The molecule has 1 rings (SSSR count). The summed E-state index contributed by atoms with van der Waals surface area (Å²) in [4.78, 5) is 51.3. The van der Waals surface area contributed by atoms with E-state index in [4.69, 9.17) is 18.9 Å². The van der Waals surface area contributed by atoms with Crippen molar-refractivity contribution in [2.45, 2.75) is 19.3 Å². The number of benzene rings is 1. The van der Waals surface area contributed by atoms with E-state index in [-0.39, 0.29) is 68.0 Å². The van der Waals surface area contributed by atoms with Crippen LogP contribution in [-0.4, -0.2) is 90.9 Å². The molecule has 0 fully saturated rings. The first-order valence-electron chi connectivity index (χ1n) is 10.7. The quantitative estimate of drug-likeness (QED) is 0.0997. The number of carbonyl (C=O) groups is 4. The van der Waals surface area contributed by atoms with E-state index in [0.29, 0.717) is 21.3 Å². The summed E-state index contributed by atoms with van der Waals surface area (Å²) in [5, 5.41) is 2.00. The van der Waals surface area contributed by atoms with Crippen LogP contribution >= 0.6 is 127 Å². The standard InChI is InChI=1S/C22H22Br8O8/c23-3-11(27)7-35-19(31)15-1-16(20(32)36-8-12(28)4-24)18(22(34)38-10-14(30)6-26)2-17(15)21(33)37-9-13(29)5-25/h1-2,11-14H,3-10H2. The van der Waals surface area contributed by atoms with Crippen LogP contribution in [0.25, 0.3) is 0 Å². The van der Waals surface area contributed by atoms with Gasteiger partial charge in [-0.2, -0.15) is 0 Å². The Morgan fingerprint density at radius 2 is 0.658 bits per heavy atom. The first kappa shape index (κ1) is 37.0. The Kier molecular flexibility index (Phi) is 19.4. The van der Waals surface area contributed by atoms with Gasteiger partial charge in [0.25, 0.3) is 0 Å². The van der Waals surface area contributed by atoms with Gasteiger partial charge >= 0.3 is 23.9 Å². The summed E-state index contributed by atoms with van der Waals surface area (Å²) in [5.41, 5.74) is -1.03. The highest BCUT2D eigenvalue weighted by molar-refractivity contribution is 9.13. The van der Waals surface area contributed by atoms with E-state index >= 15 is 0 Å². The van der Waals surface area contributed by atoms with E-state index in [2.05, 4.69) is 127 Å². The maximum atomic E-state index is 13.0. The average Bonchev–Trinajstić information content (AvgIpc) is 2.94. The molecule has 16 heteroatoms. The van der Waals surface area contributed by atoms with E-state index in [0.717, 1.165) is 12.1 Å². The fourth-order valence-corrected chi connectivity index (χ4v) is 3.71. The number of rotatable bonds is 16. The fourth-order valence-electron chi connectivity index (χ4n) is 2.43. The minimum Gasteiger partial charge on any atom is -0.461 e. The SMILES string of the molecule is O=C(OCC(Br)CBr)c1cc(C(=O)OCC(Br)CBr)c(C(=O)OCC(Br)CBr)cc1C(=O)OCC(Br)CBr. The van der Waals surface area contributed by atoms with Crippen molar-refractivity contribution in [1.29, 1.82) is 0 Å². The molecule has 0 N–H and O–H groups in total. The molecule has 0 heterocycles. The lowest BCUT2D eigenvalue weighted by molar-refractivity contribution is 0.0450. The van der Waals surface area contributed by atoms with Gasteiger partial charge in [-0.3, -0.25) is 0 Å². The topological polar surface area (TPSA) is 105 Å². The van der Waals surface area contributed by atoms with Crippen molar-refractivity contribution in [3.05, 3.63) is 34.4 Å². The van der Waals surface area contributed by atoms with Crippen molar-refractivity contribution < 1.29 is 38.1 Å². The number of hydrogen-bond donors (Lipinski definition) is 0. The zero-order chi connectivity index (χ0) is 28.8. The molecule has 0 saturated heterocycles. The van der Waals surface area contributed by atoms with Crippen molar-refractivity contribution in [1.82, 2.24) is 0 Å². The first-order valence-corrected chi connectivity index (χ1v) is 18.8. The lowest BCUT2D eigenvalue weighted by atomic mass is 9.98. The molecule has 0 aliphatic carbocycles. The number of hydrogen-bond acceptors (Lipinski definition) is 8. The Balaban J connectivity index is 3.58. The predicted molar refractivity (Wildman–Crippen MR) is 174 cm³/mol. The van der Waals surface area contributed by atoms with Crippen LogP contribution in [-0.2, 0) is 18.9 Å². The molecule has 8 nitrogen and oxygen atoms in total. The molecule has 1 aromatic rings. The molecule has 4 atom stereocenters. The van der Waals surface area contributed by atoms with Gasteiger partial charge in [0.1, 0.15) is 26.4 Å². The van der Waals surface area contributed by atoms with Crippen LogP contribution in [0.4, 0.5) is 0 Å². The Bertz CT molecular complexity index is 817. The third-order valence-electron chi connectivity index (χ3n) is 4.29. The summed E-state index contributed by atoms with van der Waals surface area (Å²) in [6, 6.07) is 2.19. The first-order chi connectivity index (χ1) is 18.0. The van der Waals surface area contributed by atoms with Crippen LogP contribution in [0.2, 0.25) is 0 Å². The molecule has 0 aliphatic rings. The normalized spacial score (nSPS) is 14.1. The molecular weight excluding hydrogens is 1030 g/mol. The molecular formula is C22H22Br8O8. The van der Waals surface area contributed by atoms with Crippen LogP contribution in [0.15, 0.2) is 12.1 Å². The van der Waals surface area contributed by atoms with Gasteiger partial charge in [-0.1, -0.05) is 127 Å². The summed E-state index contributed by atoms with van der Waals surface area (Å²) >= 11 is 26.5. The molecule has 0 aromatic heterocycles. The molecule has 0 bridgehead atoms. The zero-order valence-corrected chi connectivity index (χ0v) is 32.1. The van der Waals surface area contributed by atoms with Crippen LogP contribution in [0.5, 0.6) is 0 Å². The molecule has 0 aliphatic heterocycles. The van der Waals surface area contributed by atoms with Gasteiger partial charge in [-0.15, -0.1) is 0 Å².